The third-order valence-corrected chi connectivity index (χ3v) is 13.2. The minimum atomic E-state index is 0. The number of fused-ring (bicyclic) bond motifs is 12. The van der Waals surface area contributed by atoms with Crippen LogP contribution >= 0.6 is 0 Å². The van der Waals surface area contributed by atoms with Gasteiger partial charge in [-0.1, -0.05) is 89.3 Å². The molecule has 2 aromatic carbocycles. The molecule has 47 heavy (non-hydrogen) atoms. The maximum atomic E-state index is 4.62. The van der Waals surface area contributed by atoms with E-state index in [1.54, 1.807) is 12.7 Å². The van der Waals surface area contributed by atoms with Crippen molar-refractivity contribution in [3.8, 4) is 22.8 Å². The Morgan fingerprint density at radius 3 is 1.40 bits per heavy atom. The third-order valence-electron chi connectivity index (χ3n) is 13.2. The zero-order valence-corrected chi connectivity index (χ0v) is 29.9. The van der Waals surface area contributed by atoms with Gasteiger partial charge in [0.1, 0.15) is 12.7 Å². The molecule has 4 atom stereocenters. The van der Waals surface area contributed by atoms with Gasteiger partial charge in [0.25, 0.3) is 0 Å². The van der Waals surface area contributed by atoms with Crippen LogP contribution in [0.25, 0.3) is 44.6 Å². The topological polar surface area (TPSA) is 106 Å². The summed E-state index contributed by atoms with van der Waals surface area (Å²) in [4.78, 5) is 17.9. The molecule has 2 fully saturated rings. The predicted molar refractivity (Wildman–Crippen MR) is 178 cm³/mol. The Morgan fingerprint density at radius 1 is 0.574 bits per heavy atom. The first kappa shape index (κ1) is 30.6. The van der Waals surface area contributed by atoms with E-state index in [-0.39, 0.29) is 42.7 Å². The summed E-state index contributed by atoms with van der Waals surface area (Å²) in [7, 11) is 0. The SMILES string of the molecule is CC12CCC(c3c1n[n-]c3-c1ncnc3ccccc13)C2(C)C.CC12CCC(c3c1n[n-]c3-c1ncnc3ccccc13)C2(C)C.[Pt+2]. The molecule has 4 unspecified atom stereocenters. The molecule has 0 amide bonds. The Labute approximate surface area is 289 Å². The van der Waals surface area contributed by atoms with Crippen molar-refractivity contribution in [2.24, 2.45) is 10.8 Å². The van der Waals surface area contributed by atoms with Crippen LogP contribution in [-0.4, -0.2) is 30.1 Å². The number of nitrogens with zero attached hydrogens (tertiary/aromatic N) is 8. The van der Waals surface area contributed by atoms with Gasteiger partial charge in [0.15, 0.2) is 0 Å². The summed E-state index contributed by atoms with van der Waals surface area (Å²) >= 11 is 0. The summed E-state index contributed by atoms with van der Waals surface area (Å²) in [6.45, 7) is 14.2. The van der Waals surface area contributed by atoms with Gasteiger partial charge >= 0.3 is 21.1 Å². The summed E-state index contributed by atoms with van der Waals surface area (Å²) in [6, 6.07) is 16.3. The van der Waals surface area contributed by atoms with Crippen molar-refractivity contribution in [2.75, 3.05) is 0 Å². The Balaban J connectivity index is 0.000000135. The van der Waals surface area contributed by atoms with Crippen molar-refractivity contribution in [1.82, 2.24) is 40.3 Å². The summed E-state index contributed by atoms with van der Waals surface area (Å²) in [6.07, 6.45) is 8.14. The molecule has 240 valence electrons. The molecular formula is C38H38N8Pt. The maximum absolute atomic E-state index is 4.62. The zero-order valence-electron chi connectivity index (χ0n) is 27.7. The van der Waals surface area contributed by atoms with Gasteiger partial charge in [0.2, 0.25) is 0 Å². The van der Waals surface area contributed by atoms with Gasteiger partial charge in [-0.15, -0.1) is 0 Å². The van der Waals surface area contributed by atoms with Gasteiger partial charge in [-0.2, -0.15) is 0 Å². The number of hydrogen-bond acceptors (Lipinski definition) is 6. The standard InChI is InChI=1S/2C19H19N4.Pt/c2*1-18(2)12-8-9-19(18,3)17-14(12)16(22-23-17)15-11-6-4-5-7-13(11)20-10-21-15;/h2*4-7,10,12H,8-9H2,1-3H3;/q2*-1;+2. The van der Waals surface area contributed by atoms with Crippen molar-refractivity contribution >= 4 is 21.8 Å². The second kappa shape index (κ2) is 10.1. The first-order chi connectivity index (χ1) is 22.1. The fourth-order valence-electron chi connectivity index (χ4n) is 9.71. The fourth-order valence-corrected chi connectivity index (χ4v) is 9.71. The summed E-state index contributed by atoms with van der Waals surface area (Å²) in [5, 5.41) is 20.5. The van der Waals surface area contributed by atoms with Crippen molar-refractivity contribution in [1.29, 1.82) is 0 Å². The molecule has 4 aliphatic carbocycles. The summed E-state index contributed by atoms with van der Waals surface area (Å²) in [5.41, 5.74) is 11.6. The van der Waals surface area contributed by atoms with Crippen LogP contribution in [0.3, 0.4) is 0 Å². The Kier molecular flexibility index (Phi) is 6.58. The van der Waals surface area contributed by atoms with Crippen LogP contribution in [0.2, 0.25) is 0 Å². The quantitative estimate of drug-likeness (QED) is 0.176. The predicted octanol–water partition coefficient (Wildman–Crippen LogP) is 7.65. The van der Waals surface area contributed by atoms with E-state index >= 15 is 0 Å². The van der Waals surface area contributed by atoms with Crippen LogP contribution < -0.4 is 10.2 Å². The number of aromatic nitrogens is 8. The molecule has 4 bridgehead atoms. The van der Waals surface area contributed by atoms with Crippen LogP contribution in [0.4, 0.5) is 0 Å². The van der Waals surface area contributed by atoms with Gasteiger partial charge in [0, 0.05) is 33.0 Å². The summed E-state index contributed by atoms with van der Waals surface area (Å²) < 4.78 is 0. The first-order valence-corrected chi connectivity index (χ1v) is 16.6. The molecule has 2 saturated carbocycles. The van der Waals surface area contributed by atoms with Crippen molar-refractivity contribution in [2.45, 2.75) is 89.9 Å². The third kappa shape index (κ3) is 3.79. The van der Waals surface area contributed by atoms with Crippen LogP contribution in [0, 0.1) is 10.8 Å². The molecule has 4 aromatic heterocycles. The first-order valence-electron chi connectivity index (χ1n) is 16.6. The summed E-state index contributed by atoms with van der Waals surface area (Å²) in [5.74, 6) is 1.06. The zero-order chi connectivity index (χ0) is 31.6. The molecule has 8 nitrogen and oxygen atoms in total. The minimum absolute atomic E-state index is 0. The maximum Gasteiger partial charge on any atom is 2.00 e. The van der Waals surface area contributed by atoms with Gasteiger partial charge < -0.3 is 20.4 Å². The molecule has 0 saturated heterocycles. The fraction of sp³-hybridized carbons (Fsp3) is 0.421. The van der Waals surface area contributed by atoms with E-state index in [4.69, 9.17) is 0 Å². The Hall–Kier alpha value is -3.77. The van der Waals surface area contributed by atoms with E-state index in [1.807, 2.05) is 36.4 Å². The van der Waals surface area contributed by atoms with Gasteiger partial charge in [-0.05, 0) is 71.6 Å². The molecular weight excluding hydrogens is 764 g/mol. The number of para-hydroxylation sites is 2. The van der Waals surface area contributed by atoms with E-state index < -0.39 is 0 Å². The molecule has 4 heterocycles. The van der Waals surface area contributed by atoms with Gasteiger partial charge in [-0.3, -0.25) is 0 Å². The van der Waals surface area contributed by atoms with E-state index in [9.17, 15) is 0 Å². The van der Waals surface area contributed by atoms with Crippen molar-refractivity contribution < 1.29 is 21.1 Å². The van der Waals surface area contributed by atoms with E-state index in [1.165, 1.54) is 48.2 Å². The average molecular weight is 802 g/mol. The van der Waals surface area contributed by atoms with Crippen LogP contribution in [0.5, 0.6) is 0 Å². The molecule has 4 aliphatic rings. The number of rotatable bonds is 2. The van der Waals surface area contributed by atoms with E-state index in [2.05, 4.69) is 94.0 Å². The minimum Gasteiger partial charge on any atom is -0.573 e. The molecule has 0 spiro atoms. The van der Waals surface area contributed by atoms with Crippen molar-refractivity contribution in [3.63, 3.8) is 0 Å². The van der Waals surface area contributed by atoms with Crippen LogP contribution in [0.1, 0.15) is 102 Å². The van der Waals surface area contributed by atoms with Gasteiger partial charge in [0.05, 0.1) is 22.4 Å². The molecule has 0 N–H and O–H groups in total. The van der Waals surface area contributed by atoms with E-state index in [0.29, 0.717) is 11.8 Å². The molecule has 9 heteroatoms. The number of hydrogen-bond donors (Lipinski definition) is 0. The molecule has 10 rings (SSSR count). The monoisotopic (exact) mass is 801 g/mol. The van der Waals surface area contributed by atoms with Crippen LogP contribution in [-0.2, 0) is 31.9 Å². The molecule has 6 aromatic rings. The van der Waals surface area contributed by atoms with E-state index in [0.717, 1.165) is 44.6 Å². The van der Waals surface area contributed by atoms with Crippen LogP contribution in [0.15, 0.2) is 61.2 Å². The second-order valence-electron chi connectivity index (χ2n) is 15.4. The number of benzene rings is 2. The smallest absolute Gasteiger partial charge is 0.573 e. The Bertz CT molecular complexity index is 2030. The largest absolute Gasteiger partial charge is 2.00 e. The Morgan fingerprint density at radius 2 is 0.979 bits per heavy atom. The normalized spacial score (nSPS) is 26.9. The van der Waals surface area contributed by atoms with Gasteiger partial charge in [-0.25, -0.2) is 19.9 Å². The second-order valence-corrected chi connectivity index (χ2v) is 15.4. The molecule has 0 radical (unpaired) electrons. The molecule has 0 aliphatic heterocycles. The van der Waals surface area contributed by atoms with Crippen molar-refractivity contribution in [3.05, 3.63) is 83.7 Å². The average Bonchev–Trinajstić information content (AvgIpc) is 3.85.